The van der Waals surface area contributed by atoms with Gasteiger partial charge in [0.25, 0.3) is 0 Å². The third-order valence-corrected chi connectivity index (χ3v) is 5.15. The van der Waals surface area contributed by atoms with Crippen molar-refractivity contribution < 1.29 is 14.3 Å². The fourth-order valence-electron chi connectivity index (χ4n) is 3.52. The molecule has 0 atom stereocenters. The molecule has 1 saturated heterocycles. The number of nitrogens with zero attached hydrogens (tertiary/aromatic N) is 2. The molecule has 2 aromatic carbocycles. The fourth-order valence-corrected chi connectivity index (χ4v) is 3.52. The third-order valence-electron chi connectivity index (χ3n) is 5.15. The molecule has 2 aromatic rings. The summed E-state index contributed by atoms with van der Waals surface area (Å²) < 4.78 is 10.7. The monoisotopic (exact) mass is 379 g/mol. The Hall–Kier alpha value is -2.99. The highest BCUT2D eigenvalue weighted by atomic mass is 16.7. The molecule has 28 heavy (non-hydrogen) atoms. The van der Waals surface area contributed by atoms with E-state index in [1.54, 1.807) is 12.2 Å². The van der Waals surface area contributed by atoms with E-state index in [0.29, 0.717) is 5.75 Å². The number of hydrogen-bond acceptors (Lipinski definition) is 5. The lowest BCUT2D eigenvalue weighted by Crippen LogP contribution is -2.46. The first kappa shape index (κ1) is 18.4. The Morgan fingerprint density at radius 2 is 1.86 bits per heavy atom. The number of carbonyl (C=O) groups is 1. The van der Waals surface area contributed by atoms with Crippen molar-refractivity contribution in [2.75, 3.05) is 49.7 Å². The summed E-state index contributed by atoms with van der Waals surface area (Å²) in [6.45, 7) is 7.53. The van der Waals surface area contributed by atoms with E-state index < -0.39 is 0 Å². The topological polar surface area (TPSA) is 54.0 Å². The van der Waals surface area contributed by atoms with Gasteiger partial charge in [-0.1, -0.05) is 25.1 Å². The highest BCUT2D eigenvalue weighted by Crippen LogP contribution is 2.33. The Labute approximate surface area is 165 Å². The molecule has 146 valence electrons. The number of fused-ring (bicyclic) bond motifs is 1. The normalized spacial score (nSPS) is 16.5. The van der Waals surface area contributed by atoms with E-state index in [1.165, 1.54) is 0 Å². The van der Waals surface area contributed by atoms with Gasteiger partial charge in [-0.3, -0.25) is 4.79 Å². The second-order valence-electron chi connectivity index (χ2n) is 6.87. The van der Waals surface area contributed by atoms with Gasteiger partial charge >= 0.3 is 0 Å². The zero-order valence-electron chi connectivity index (χ0n) is 16.1. The van der Waals surface area contributed by atoms with Crippen LogP contribution in [-0.2, 0) is 4.79 Å². The zero-order valence-corrected chi connectivity index (χ0v) is 16.1. The summed E-state index contributed by atoms with van der Waals surface area (Å²) in [6, 6.07) is 13.6. The Bertz CT molecular complexity index is 873. The second kappa shape index (κ2) is 8.35. The molecule has 0 aromatic heterocycles. The molecule has 0 spiro atoms. The molecule has 0 radical (unpaired) electrons. The molecule has 2 aliphatic rings. The number of piperazine rings is 1. The van der Waals surface area contributed by atoms with E-state index in [-0.39, 0.29) is 12.7 Å². The molecule has 6 nitrogen and oxygen atoms in total. The summed E-state index contributed by atoms with van der Waals surface area (Å²) in [6.07, 6.45) is 3.32. The molecular weight excluding hydrogens is 354 g/mol. The second-order valence-corrected chi connectivity index (χ2v) is 6.87. The summed E-state index contributed by atoms with van der Waals surface area (Å²) in [4.78, 5) is 17.2. The first-order valence-electron chi connectivity index (χ1n) is 9.68. The van der Waals surface area contributed by atoms with Crippen LogP contribution in [0.3, 0.4) is 0 Å². The Morgan fingerprint density at radius 3 is 2.68 bits per heavy atom. The number of rotatable bonds is 5. The molecule has 1 amide bonds. The summed E-state index contributed by atoms with van der Waals surface area (Å²) in [5, 5.41) is 3.02. The average molecular weight is 379 g/mol. The van der Waals surface area contributed by atoms with Crippen LogP contribution in [0.1, 0.15) is 12.5 Å². The smallest absolute Gasteiger partial charge is 0.248 e. The highest BCUT2D eigenvalue weighted by molar-refractivity contribution is 6.03. The van der Waals surface area contributed by atoms with E-state index in [1.807, 2.05) is 36.4 Å². The number of benzene rings is 2. The van der Waals surface area contributed by atoms with Crippen LogP contribution in [0, 0.1) is 0 Å². The maximum atomic E-state index is 12.5. The van der Waals surface area contributed by atoms with E-state index in [4.69, 9.17) is 9.47 Å². The van der Waals surface area contributed by atoms with Crippen molar-refractivity contribution in [1.82, 2.24) is 4.90 Å². The lowest BCUT2D eigenvalue weighted by Gasteiger charge is -2.36. The van der Waals surface area contributed by atoms with Gasteiger partial charge in [0.1, 0.15) is 0 Å². The quantitative estimate of drug-likeness (QED) is 0.809. The van der Waals surface area contributed by atoms with Gasteiger partial charge in [-0.2, -0.15) is 0 Å². The molecule has 6 heteroatoms. The van der Waals surface area contributed by atoms with Crippen LogP contribution in [0.4, 0.5) is 11.4 Å². The largest absolute Gasteiger partial charge is 0.454 e. The van der Waals surface area contributed by atoms with Crippen LogP contribution in [0.5, 0.6) is 11.5 Å². The number of anilines is 2. The van der Waals surface area contributed by atoms with Crippen LogP contribution in [0.15, 0.2) is 48.5 Å². The van der Waals surface area contributed by atoms with Crippen molar-refractivity contribution in [3.63, 3.8) is 0 Å². The first-order valence-corrected chi connectivity index (χ1v) is 9.68. The number of carbonyl (C=O) groups excluding carboxylic acids is 1. The minimum Gasteiger partial charge on any atom is -0.454 e. The maximum Gasteiger partial charge on any atom is 0.248 e. The van der Waals surface area contributed by atoms with Gasteiger partial charge in [0, 0.05) is 32.3 Å². The van der Waals surface area contributed by atoms with Crippen molar-refractivity contribution in [2.45, 2.75) is 6.92 Å². The summed E-state index contributed by atoms with van der Waals surface area (Å²) >= 11 is 0. The van der Waals surface area contributed by atoms with Crippen molar-refractivity contribution >= 4 is 23.4 Å². The lowest BCUT2D eigenvalue weighted by atomic mass is 10.2. The summed E-state index contributed by atoms with van der Waals surface area (Å²) in [5.41, 5.74) is 2.80. The van der Waals surface area contributed by atoms with E-state index in [2.05, 4.69) is 28.1 Å². The molecule has 2 aliphatic heterocycles. The van der Waals surface area contributed by atoms with Crippen molar-refractivity contribution in [3.05, 3.63) is 54.1 Å². The molecule has 0 unspecified atom stereocenters. The summed E-state index contributed by atoms with van der Waals surface area (Å²) in [5.74, 6) is 1.29. The maximum absolute atomic E-state index is 12.5. The number of nitrogens with one attached hydrogen (secondary N) is 1. The van der Waals surface area contributed by atoms with Gasteiger partial charge in [-0.15, -0.1) is 0 Å². The first-order chi connectivity index (χ1) is 13.7. The lowest BCUT2D eigenvalue weighted by molar-refractivity contribution is -0.111. The fraction of sp³-hybridized carbons (Fsp3) is 0.318. The van der Waals surface area contributed by atoms with Crippen LogP contribution < -0.4 is 19.7 Å². The Balaban J connectivity index is 1.42. The van der Waals surface area contributed by atoms with Gasteiger partial charge in [0.05, 0.1) is 11.4 Å². The minimum atomic E-state index is -0.155. The van der Waals surface area contributed by atoms with Gasteiger partial charge in [0.2, 0.25) is 12.7 Å². The highest BCUT2D eigenvalue weighted by Gasteiger charge is 2.18. The van der Waals surface area contributed by atoms with Gasteiger partial charge in [-0.25, -0.2) is 0 Å². The van der Waals surface area contributed by atoms with Crippen molar-refractivity contribution in [3.8, 4) is 11.5 Å². The SMILES string of the molecule is CCN1CCN(c2ccccc2NC(=O)/C=C/c2ccc3c(c2)OCO3)CC1. The number of ether oxygens (including phenoxy) is 2. The molecule has 4 rings (SSSR count). The Kier molecular flexibility index (Phi) is 5.48. The number of hydrogen-bond donors (Lipinski definition) is 1. The molecule has 1 N–H and O–H groups in total. The molecule has 0 bridgehead atoms. The minimum absolute atomic E-state index is 0.155. The van der Waals surface area contributed by atoms with Gasteiger partial charge < -0.3 is 24.6 Å². The molecule has 2 heterocycles. The van der Waals surface area contributed by atoms with Gasteiger partial charge in [-0.05, 0) is 42.4 Å². The number of likely N-dealkylation sites (N-methyl/N-ethyl adjacent to an activating group) is 1. The standard InChI is InChI=1S/C22H25N3O3/c1-2-24-11-13-25(14-12-24)19-6-4-3-5-18(19)23-22(26)10-8-17-7-9-20-21(15-17)28-16-27-20/h3-10,15H,2,11-14,16H2,1H3,(H,23,26)/b10-8+. The predicted octanol–water partition coefficient (Wildman–Crippen LogP) is 3.21. The number of para-hydroxylation sites is 2. The predicted molar refractivity (Wildman–Crippen MR) is 111 cm³/mol. The average Bonchev–Trinajstić information content (AvgIpc) is 3.21. The van der Waals surface area contributed by atoms with Crippen LogP contribution >= 0.6 is 0 Å². The summed E-state index contributed by atoms with van der Waals surface area (Å²) in [7, 11) is 0. The van der Waals surface area contributed by atoms with Crippen LogP contribution in [-0.4, -0.2) is 50.3 Å². The van der Waals surface area contributed by atoms with E-state index in [9.17, 15) is 4.79 Å². The van der Waals surface area contributed by atoms with E-state index in [0.717, 1.165) is 55.4 Å². The molecular formula is C22H25N3O3. The molecule has 0 aliphatic carbocycles. The molecule has 0 saturated carbocycles. The van der Waals surface area contributed by atoms with Crippen molar-refractivity contribution in [2.24, 2.45) is 0 Å². The zero-order chi connectivity index (χ0) is 19.3. The van der Waals surface area contributed by atoms with Gasteiger partial charge in [0.15, 0.2) is 11.5 Å². The van der Waals surface area contributed by atoms with Crippen LogP contribution in [0.2, 0.25) is 0 Å². The van der Waals surface area contributed by atoms with Crippen LogP contribution in [0.25, 0.3) is 6.08 Å². The number of amides is 1. The molecule has 1 fully saturated rings. The third kappa shape index (κ3) is 4.12. The Morgan fingerprint density at radius 1 is 1.07 bits per heavy atom. The van der Waals surface area contributed by atoms with Crippen molar-refractivity contribution in [1.29, 1.82) is 0 Å². The van der Waals surface area contributed by atoms with E-state index >= 15 is 0 Å².